The summed E-state index contributed by atoms with van der Waals surface area (Å²) < 4.78 is 0. The van der Waals surface area contributed by atoms with E-state index in [9.17, 15) is 9.59 Å². The van der Waals surface area contributed by atoms with Gasteiger partial charge in [0.2, 0.25) is 5.91 Å². The summed E-state index contributed by atoms with van der Waals surface area (Å²) in [5.74, 6) is -0.166. The number of hydrogen-bond acceptors (Lipinski definition) is 4. The van der Waals surface area contributed by atoms with Gasteiger partial charge in [0.05, 0.1) is 5.69 Å². The molecule has 0 spiro atoms. The lowest BCUT2D eigenvalue weighted by Crippen LogP contribution is -2.53. The van der Waals surface area contributed by atoms with E-state index in [-0.39, 0.29) is 18.2 Å². The summed E-state index contributed by atoms with van der Waals surface area (Å²) in [7, 11) is 0. The number of hydrogen-bond donors (Lipinski definition) is 1. The number of nitrogens with one attached hydrogen (secondary N) is 1. The molecule has 0 aliphatic carbocycles. The standard InChI is InChI=1S/C23H25ClN4O2/c1-16-4-3-5-19(14-16)28-22(29)9-8-20(25-28)23(30)27-12-10-26(11-13-27)21-15-18(24)7-6-17(21)2/h3-8,14-15,25H,9-13H2,1-2H3. The van der Waals surface area contributed by atoms with E-state index in [0.29, 0.717) is 23.8 Å². The highest BCUT2D eigenvalue weighted by Gasteiger charge is 2.29. The third-order valence-electron chi connectivity index (χ3n) is 5.53. The molecule has 0 atom stereocenters. The molecule has 2 aromatic carbocycles. The number of hydrazine groups is 1. The molecule has 0 radical (unpaired) electrons. The maximum Gasteiger partial charge on any atom is 0.271 e. The first-order valence-electron chi connectivity index (χ1n) is 10.1. The van der Waals surface area contributed by atoms with Crippen LogP contribution in [0.4, 0.5) is 11.4 Å². The fourth-order valence-corrected chi connectivity index (χ4v) is 4.03. The average molecular weight is 425 g/mol. The predicted molar refractivity (Wildman–Crippen MR) is 119 cm³/mol. The molecule has 2 heterocycles. The zero-order valence-corrected chi connectivity index (χ0v) is 17.9. The van der Waals surface area contributed by atoms with E-state index in [4.69, 9.17) is 11.6 Å². The number of anilines is 2. The zero-order valence-electron chi connectivity index (χ0n) is 17.2. The van der Waals surface area contributed by atoms with Gasteiger partial charge in [-0.05, 0) is 55.3 Å². The van der Waals surface area contributed by atoms with Crippen LogP contribution >= 0.6 is 11.6 Å². The molecule has 156 valence electrons. The number of halogens is 1. The molecule has 4 rings (SSSR count). The molecule has 0 bridgehead atoms. The summed E-state index contributed by atoms with van der Waals surface area (Å²) in [5, 5.41) is 2.18. The van der Waals surface area contributed by atoms with E-state index in [1.54, 1.807) is 6.08 Å². The maximum atomic E-state index is 13.1. The molecular formula is C23H25ClN4O2. The summed E-state index contributed by atoms with van der Waals surface area (Å²) in [6.07, 6.45) is 1.88. The van der Waals surface area contributed by atoms with Gasteiger partial charge in [0.15, 0.2) is 0 Å². The minimum Gasteiger partial charge on any atom is -0.368 e. The molecule has 30 heavy (non-hydrogen) atoms. The maximum absolute atomic E-state index is 13.1. The molecule has 1 N–H and O–H groups in total. The van der Waals surface area contributed by atoms with Crippen molar-refractivity contribution in [2.24, 2.45) is 0 Å². The number of benzene rings is 2. The average Bonchev–Trinajstić information content (AvgIpc) is 2.75. The van der Waals surface area contributed by atoms with E-state index in [1.807, 2.05) is 54.3 Å². The SMILES string of the molecule is Cc1cccc(N2NC(C(=O)N3CCN(c4cc(Cl)ccc4C)CC3)=CCC2=O)c1. The molecule has 1 saturated heterocycles. The van der Waals surface area contributed by atoms with Crippen LogP contribution in [-0.4, -0.2) is 42.9 Å². The van der Waals surface area contributed by atoms with Crippen LogP contribution in [0.3, 0.4) is 0 Å². The van der Waals surface area contributed by atoms with Crippen LogP contribution in [0.1, 0.15) is 17.5 Å². The second-order valence-corrected chi connectivity index (χ2v) is 8.15. The molecule has 0 aromatic heterocycles. The van der Waals surface area contributed by atoms with Crippen molar-refractivity contribution in [3.63, 3.8) is 0 Å². The number of piperazine rings is 1. The van der Waals surface area contributed by atoms with Crippen molar-refractivity contribution in [3.8, 4) is 0 Å². The van der Waals surface area contributed by atoms with E-state index in [2.05, 4.69) is 17.2 Å². The lowest BCUT2D eigenvalue weighted by atomic mass is 10.1. The van der Waals surface area contributed by atoms with E-state index < -0.39 is 0 Å². The third-order valence-corrected chi connectivity index (χ3v) is 5.77. The Bertz CT molecular complexity index is 1010. The van der Waals surface area contributed by atoms with Gasteiger partial charge in [-0.2, -0.15) is 0 Å². The van der Waals surface area contributed by atoms with Crippen LogP contribution in [0, 0.1) is 13.8 Å². The quantitative estimate of drug-likeness (QED) is 0.820. The largest absolute Gasteiger partial charge is 0.368 e. The highest BCUT2D eigenvalue weighted by atomic mass is 35.5. The van der Waals surface area contributed by atoms with Crippen molar-refractivity contribution in [1.82, 2.24) is 10.3 Å². The van der Waals surface area contributed by atoms with Crippen molar-refractivity contribution in [3.05, 3.63) is 70.4 Å². The topological polar surface area (TPSA) is 55.9 Å². The first-order chi connectivity index (χ1) is 14.4. The highest BCUT2D eigenvalue weighted by Crippen LogP contribution is 2.26. The van der Waals surface area contributed by atoms with Crippen LogP contribution in [0.2, 0.25) is 5.02 Å². The summed E-state index contributed by atoms with van der Waals surface area (Å²) in [4.78, 5) is 29.6. The van der Waals surface area contributed by atoms with Crippen LogP contribution in [-0.2, 0) is 9.59 Å². The molecule has 6 nitrogen and oxygen atoms in total. The Hall–Kier alpha value is -2.99. The minimum atomic E-state index is -0.0848. The van der Waals surface area contributed by atoms with Gasteiger partial charge in [0, 0.05) is 43.3 Å². The first-order valence-corrected chi connectivity index (χ1v) is 10.5. The number of amides is 2. The molecule has 0 unspecified atom stereocenters. The second kappa shape index (κ2) is 8.40. The Kier molecular flexibility index (Phi) is 5.68. The molecule has 7 heteroatoms. The fourth-order valence-electron chi connectivity index (χ4n) is 3.86. The number of carbonyl (C=O) groups is 2. The van der Waals surface area contributed by atoms with Gasteiger partial charge in [-0.1, -0.05) is 29.8 Å². The van der Waals surface area contributed by atoms with Gasteiger partial charge < -0.3 is 9.80 Å². The molecule has 2 amide bonds. The number of aryl methyl sites for hydroxylation is 2. The number of carbonyl (C=O) groups excluding carboxylic acids is 2. The first kappa shape index (κ1) is 20.3. The number of nitrogens with zero attached hydrogens (tertiary/aromatic N) is 3. The summed E-state index contributed by atoms with van der Waals surface area (Å²) in [6.45, 7) is 6.74. The van der Waals surface area contributed by atoms with E-state index >= 15 is 0 Å². The molecule has 2 aromatic rings. The second-order valence-electron chi connectivity index (χ2n) is 7.71. The predicted octanol–water partition coefficient (Wildman–Crippen LogP) is 3.43. The van der Waals surface area contributed by atoms with Crippen molar-refractivity contribution < 1.29 is 9.59 Å². The van der Waals surface area contributed by atoms with Crippen molar-refractivity contribution in [2.75, 3.05) is 36.1 Å². The van der Waals surface area contributed by atoms with Gasteiger partial charge in [0.1, 0.15) is 5.70 Å². The minimum absolute atomic E-state index is 0.0809. The monoisotopic (exact) mass is 424 g/mol. The third kappa shape index (κ3) is 4.14. The number of rotatable bonds is 3. The molecule has 2 aliphatic rings. The fraction of sp³-hybridized carbons (Fsp3) is 0.304. The van der Waals surface area contributed by atoms with Crippen molar-refractivity contribution in [2.45, 2.75) is 20.3 Å². The Morgan fingerprint density at radius 1 is 1.03 bits per heavy atom. The lowest BCUT2D eigenvalue weighted by Gasteiger charge is -2.38. The smallest absolute Gasteiger partial charge is 0.271 e. The van der Waals surface area contributed by atoms with Crippen molar-refractivity contribution >= 4 is 34.8 Å². The van der Waals surface area contributed by atoms with E-state index in [0.717, 1.165) is 30.0 Å². The van der Waals surface area contributed by atoms with E-state index in [1.165, 1.54) is 10.6 Å². The van der Waals surface area contributed by atoms with Gasteiger partial charge in [-0.25, -0.2) is 5.01 Å². The zero-order chi connectivity index (χ0) is 21.3. The molecule has 0 saturated carbocycles. The normalized spacial score (nSPS) is 17.0. The lowest BCUT2D eigenvalue weighted by molar-refractivity contribution is -0.128. The van der Waals surface area contributed by atoms with Gasteiger partial charge in [0.25, 0.3) is 5.91 Å². The summed E-state index contributed by atoms with van der Waals surface area (Å²) in [6, 6.07) is 13.5. The Labute approximate surface area is 181 Å². The molecular weight excluding hydrogens is 400 g/mol. The van der Waals surface area contributed by atoms with Gasteiger partial charge in [-0.15, -0.1) is 0 Å². The highest BCUT2D eigenvalue weighted by molar-refractivity contribution is 6.30. The van der Waals surface area contributed by atoms with Crippen LogP contribution in [0.25, 0.3) is 0 Å². The Morgan fingerprint density at radius 2 is 1.80 bits per heavy atom. The molecule has 1 fully saturated rings. The summed E-state index contributed by atoms with van der Waals surface area (Å²) >= 11 is 6.16. The summed E-state index contributed by atoms with van der Waals surface area (Å²) in [5.41, 5.74) is 7.54. The van der Waals surface area contributed by atoms with Gasteiger partial charge >= 0.3 is 0 Å². The van der Waals surface area contributed by atoms with Crippen LogP contribution < -0.4 is 15.3 Å². The molecule has 2 aliphatic heterocycles. The Balaban J connectivity index is 1.43. The van der Waals surface area contributed by atoms with Gasteiger partial charge in [-0.3, -0.25) is 15.0 Å². The van der Waals surface area contributed by atoms with Crippen LogP contribution in [0.15, 0.2) is 54.2 Å². The van der Waals surface area contributed by atoms with Crippen LogP contribution in [0.5, 0.6) is 0 Å². The van der Waals surface area contributed by atoms with Crippen molar-refractivity contribution in [1.29, 1.82) is 0 Å². The Morgan fingerprint density at radius 3 is 2.53 bits per heavy atom.